The summed E-state index contributed by atoms with van der Waals surface area (Å²) in [4.78, 5) is 9.70. The van der Waals surface area contributed by atoms with Crippen molar-refractivity contribution in [1.82, 2.24) is 9.97 Å². The summed E-state index contributed by atoms with van der Waals surface area (Å²) in [5.74, 6) is 0.129. The van der Waals surface area contributed by atoms with E-state index in [-0.39, 0.29) is 11.3 Å². The predicted molar refractivity (Wildman–Crippen MR) is 81.9 cm³/mol. The molecule has 0 spiro atoms. The van der Waals surface area contributed by atoms with Gasteiger partial charge in [-0.2, -0.15) is 0 Å². The van der Waals surface area contributed by atoms with Crippen LogP contribution in [0.3, 0.4) is 0 Å². The number of aromatic nitrogens is 2. The summed E-state index contributed by atoms with van der Waals surface area (Å²) in [6, 6.07) is 5.14. The van der Waals surface area contributed by atoms with Crippen LogP contribution in [0.5, 0.6) is 0 Å². The van der Waals surface area contributed by atoms with Crippen LogP contribution in [0.15, 0.2) is 23.6 Å². The van der Waals surface area contributed by atoms with Gasteiger partial charge in [-0.1, -0.05) is 24.6 Å². The fourth-order valence-electron chi connectivity index (χ4n) is 2.23. The molecule has 3 rings (SSSR count). The van der Waals surface area contributed by atoms with Gasteiger partial charge in [0.2, 0.25) is 0 Å². The van der Waals surface area contributed by atoms with Gasteiger partial charge in [0.25, 0.3) is 0 Å². The monoisotopic (exact) mass is 306 g/mol. The van der Waals surface area contributed by atoms with Crippen LogP contribution in [-0.2, 0) is 6.42 Å². The third kappa shape index (κ3) is 2.09. The number of benzene rings is 1. The highest BCUT2D eigenvalue weighted by molar-refractivity contribution is 7.13. The molecular formula is C15H12ClFN2S. The average Bonchev–Trinajstić information content (AvgIpc) is 2.91. The molecule has 0 N–H and O–H groups in total. The van der Waals surface area contributed by atoms with Gasteiger partial charge in [0.05, 0.1) is 4.88 Å². The van der Waals surface area contributed by atoms with Gasteiger partial charge in [0.1, 0.15) is 16.5 Å². The molecule has 0 fully saturated rings. The van der Waals surface area contributed by atoms with E-state index < -0.39 is 0 Å². The number of thiophene rings is 1. The van der Waals surface area contributed by atoms with Gasteiger partial charge < -0.3 is 0 Å². The third-order valence-electron chi connectivity index (χ3n) is 3.30. The molecule has 1 aromatic carbocycles. The van der Waals surface area contributed by atoms with E-state index >= 15 is 0 Å². The maximum atomic E-state index is 14.0. The molecule has 0 radical (unpaired) electrons. The van der Waals surface area contributed by atoms with Crippen molar-refractivity contribution < 1.29 is 4.39 Å². The second-order valence-electron chi connectivity index (χ2n) is 4.55. The van der Waals surface area contributed by atoms with E-state index in [1.54, 1.807) is 17.4 Å². The first-order valence-corrected chi connectivity index (χ1v) is 7.56. The quantitative estimate of drug-likeness (QED) is 0.621. The Hall–Kier alpha value is -1.52. The summed E-state index contributed by atoms with van der Waals surface area (Å²) < 4.78 is 14.0. The number of hydrogen-bond acceptors (Lipinski definition) is 3. The lowest BCUT2D eigenvalue weighted by molar-refractivity contribution is 0.636. The summed E-state index contributed by atoms with van der Waals surface area (Å²) in [6.07, 6.45) is 0.883. The highest BCUT2D eigenvalue weighted by atomic mass is 35.5. The van der Waals surface area contributed by atoms with Crippen molar-refractivity contribution in [1.29, 1.82) is 0 Å². The number of rotatable bonds is 2. The number of aryl methyl sites for hydroxylation is 2. The molecule has 102 valence electrons. The van der Waals surface area contributed by atoms with E-state index in [0.717, 1.165) is 22.4 Å². The molecule has 0 unspecified atom stereocenters. The van der Waals surface area contributed by atoms with Crippen molar-refractivity contribution in [3.63, 3.8) is 0 Å². The van der Waals surface area contributed by atoms with Crippen molar-refractivity contribution >= 4 is 33.8 Å². The highest BCUT2D eigenvalue weighted by Gasteiger charge is 2.15. The number of nitrogens with zero attached hydrogens (tertiary/aromatic N) is 2. The summed E-state index contributed by atoms with van der Waals surface area (Å²) in [6.45, 7) is 3.94. The first-order chi connectivity index (χ1) is 9.61. The SMILES string of the molecule is CCc1ccsc1-c1nc(Cl)c2c(C)ccc(F)c2n1. The zero-order valence-corrected chi connectivity index (χ0v) is 12.6. The Morgan fingerprint density at radius 1 is 1.25 bits per heavy atom. The van der Waals surface area contributed by atoms with Crippen LogP contribution in [0.25, 0.3) is 21.6 Å². The molecule has 0 aliphatic carbocycles. The molecule has 5 heteroatoms. The van der Waals surface area contributed by atoms with Gasteiger partial charge >= 0.3 is 0 Å². The van der Waals surface area contributed by atoms with Crippen molar-refractivity contribution in [3.05, 3.63) is 45.7 Å². The first kappa shape index (κ1) is 13.5. The van der Waals surface area contributed by atoms with E-state index in [0.29, 0.717) is 16.4 Å². The molecule has 0 atom stereocenters. The standard InChI is InChI=1S/C15H12ClFN2S/c1-3-9-6-7-20-13(9)15-18-12-10(17)5-4-8(2)11(12)14(16)19-15/h4-7H,3H2,1-2H3. The molecule has 2 aromatic heterocycles. The Morgan fingerprint density at radius 2 is 2.05 bits per heavy atom. The van der Waals surface area contributed by atoms with Crippen LogP contribution >= 0.6 is 22.9 Å². The fraction of sp³-hybridized carbons (Fsp3) is 0.200. The maximum absolute atomic E-state index is 14.0. The summed E-state index contributed by atoms with van der Waals surface area (Å²) in [5.41, 5.74) is 2.31. The topological polar surface area (TPSA) is 25.8 Å². The van der Waals surface area contributed by atoms with Gasteiger partial charge in [-0.25, -0.2) is 14.4 Å². The smallest absolute Gasteiger partial charge is 0.171 e. The largest absolute Gasteiger partial charge is 0.224 e. The second kappa shape index (κ2) is 5.11. The fourth-order valence-corrected chi connectivity index (χ4v) is 3.48. The lowest BCUT2D eigenvalue weighted by Gasteiger charge is -2.07. The van der Waals surface area contributed by atoms with Crippen LogP contribution in [0.4, 0.5) is 4.39 Å². The Labute approximate surface area is 125 Å². The lowest BCUT2D eigenvalue weighted by Crippen LogP contribution is -1.96. The molecule has 0 saturated carbocycles. The van der Waals surface area contributed by atoms with Gasteiger partial charge in [0.15, 0.2) is 5.82 Å². The lowest BCUT2D eigenvalue weighted by atomic mass is 10.1. The average molecular weight is 307 g/mol. The predicted octanol–water partition coefficient (Wildman–Crippen LogP) is 5.02. The van der Waals surface area contributed by atoms with E-state index in [1.165, 1.54) is 6.07 Å². The van der Waals surface area contributed by atoms with Gasteiger partial charge in [-0.05, 0) is 42.0 Å². The van der Waals surface area contributed by atoms with E-state index in [1.807, 2.05) is 18.4 Å². The van der Waals surface area contributed by atoms with Gasteiger partial charge in [0, 0.05) is 5.39 Å². The Morgan fingerprint density at radius 3 is 2.80 bits per heavy atom. The van der Waals surface area contributed by atoms with E-state index in [2.05, 4.69) is 16.9 Å². The zero-order chi connectivity index (χ0) is 14.3. The van der Waals surface area contributed by atoms with E-state index in [4.69, 9.17) is 11.6 Å². The molecule has 0 saturated heterocycles. The maximum Gasteiger partial charge on any atom is 0.171 e. The molecule has 0 aliphatic heterocycles. The summed E-state index contributed by atoms with van der Waals surface area (Å²) in [5, 5.41) is 2.88. The van der Waals surface area contributed by atoms with Crippen LogP contribution in [0.2, 0.25) is 5.15 Å². The van der Waals surface area contributed by atoms with Crippen LogP contribution < -0.4 is 0 Å². The molecule has 3 aromatic rings. The van der Waals surface area contributed by atoms with Crippen LogP contribution in [0, 0.1) is 12.7 Å². The van der Waals surface area contributed by atoms with E-state index in [9.17, 15) is 4.39 Å². The second-order valence-corrected chi connectivity index (χ2v) is 5.83. The molecule has 0 amide bonds. The summed E-state index contributed by atoms with van der Waals surface area (Å²) >= 11 is 7.79. The molecular weight excluding hydrogens is 295 g/mol. The third-order valence-corrected chi connectivity index (χ3v) is 4.52. The van der Waals surface area contributed by atoms with Crippen LogP contribution in [-0.4, -0.2) is 9.97 Å². The minimum absolute atomic E-state index is 0.287. The Kier molecular flexibility index (Phi) is 3.44. The van der Waals surface area contributed by atoms with Crippen molar-refractivity contribution in [2.24, 2.45) is 0 Å². The van der Waals surface area contributed by atoms with Crippen molar-refractivity contribution in [2.45, 2.75) is 20.3 Å². The first-order valence-electron chi connectivity index (χ1n) is 6.31. The molecule has 0 aliphatic rings. The zero-order valence-electron chi connectivity index (χ0n) is 11.1. The molecule has 20 heavy (non-hydrogen) atoms. The number of halogens is 2. The van der Waals surface area contributed by atoms with Crippen molar-refractivity contribution in [3.8, 4) is 10.7 Å². The Balaban J connectivity index is 2.32. The normalized spacial score (nSPS) is 11.2. The van der Waals surface area contributed by atoms with Crippen LogP contribution in [0.1, 0.15) is 18.1 Å². The Bertz CT molecular complexity index is 798. The summed E-state index contributed by atoms with van der Waals surface area (Å²) in [7, 11) is 0. The molecule has 2 heterocycles. The highest BCUT2D eigenvalue weighted by Crippen LogP contribution is 2.32. The van der Waals surface area contributed by atoms with Gasteiger partial charge in [-0.3, -0.25) is 0 Å². The molecule has 0 bridgehead atoms. The minimum atomic E-state index is -0.370. The number of hydrogen-bond donors (Lipinski definition) is 0. The number of fused-ring (bicyclic) bond motifs is 1. The van der Waals surface area contributed by atoms with Gasteiger partial charge in [-0.15, -0.1) is 11.3 Å². The van der Waals surface area contributed by atoms with Crippen molar-refractivity contribution in [2.75, 3.05) is 0 Å². The molecule has 2 nitrogen and oxygen atoms in total. The minimum Gasteiger partial charge on any atom is -0.224 e.